The summed E-state index contributed by atoms with van der Waals surface area (Å²) in [6, 6.07) is 14.7. The van der Waals surface area contributed by atoms with E-state index in [0.717, 1.165) is 17.0 Å². The lowest BCUT2D eigenvalue weighted by Gasteiger charge is -2.22. The van der Waals surface area contributed by atoms with Crippen molar-refractivity contribution in [3.05, 3.63) is 59.1 Å². The Morgan fingerprint density at radius 2 is 2.00 bits per heavy atom. The van der Waals surface area contributed by atoms with Crippen molar-refractivity contribution in [1.29, 1.82) is 0 Å². The zero-order chi connectivity index (χ0) is 18.7. The Kier molecular flexibility index (Phi) is 5.47. The summed E-state index contributed by atoms with van der Waals surface area (Å²) in [6.07, 6.45) is 0.227. The van der Waals surface area contributed by atoms with Gasteiger partial charge in [-0.05, 0) is 42.0 Å². The first-order valence-corrected chi connectivity index (χ1v) is 8.79. The first kappa shape index (κ1) is 18.3. The Labute approximate surface area is 158 Å². The van der Waals surface area contributed by atoms with Gasteiger partial charge in [-0.25, -0.2) is 0 Å². The Morgan fingerprint density at radius 1 is 1.27 bits per heavy atom. The van der Waals surface area contributed by atoms with Crippen LogP contribution < -0.4 is 9.64 Å². The molecule has 0 spiro atoms. The Bertz CT molecular complexity index is 807. The van der Waals surface area contributed by atoms with E-state index in [0.29, 0.717) is 18.1 Å². The lowest BCUT2D eigenvalue weighted by molar-refractivity contribution is -0.135. The molecule has 136 valence electrons. The molecule has 1 aliphatic rings. The van der Waals surface area contributed by atoms with Crippen LogP contribution in [0.3, 0.4) is 0 Å². The van der Waals surface area contributed by atoms with E-state index < -0.39 is 0 Å². The van der Waals surface area contributed by atoms with E-state index in [1.165, 1.54) is 0 Å². The predicted octanol–water partition coefficient (Wildman–Crippen LogP) is 3.36. The number of rotatable bonds is 5. The number of halogens is 1. The molecule has 0 aliphatic carbocycles. The third kappa shape index (κ3) is 3.99. The van der Waals surface area contributed by atoms with Crippen LogP contribution in [0.1, 0.15) is 12.0 Å². The summed E-state index contributed by atoms with van der Waals surface area (Å²) >= 11 is 6.00. The monoisotopic (exact) mass is 372 g/mol. The van der Waals surface area contributed by atoms with Crippen LogP contribution in [0.15, 0.2) is 48.5 Å². The predicted molar refractivity (Wildman–Crippen MR) is 101 cm³/mol. The normalized spacial score (nSPS) is 16.7. The van der Waals surface area contributed by atoms with Gasteiger partial charge in [0.05, 0.1) is 13.0 Å². The molecule has 0 bridgehead atoms. The summed E-state index contributed by atoms with van der Waals surface area (Å²) in [6.45, 7) is 0.858. The highest BCUT2D eigenvalue weighted by atomic mass is 35.5. The van der Waals surface area contributed by atoms with Crippen LogP contribution in [0.2, 0.25) is 5.02 Å². The molecule has 0 aromatic heterocycles. The number of benzene rings is 2. The number of hydrogen-bond donors (Lipinski definition) is 0. The minimum absolute atomic E-state index is 0.0330. The standard InChI is InChI=1S/C20H21ClN2O3/c1-22(12-14-4-3-5-16(21)10-14)20(25)15-11-19(24)23(13-15)17-6-8-18(26-2)9-7-17/h3-10,15H,11-13H2,1-2H3. The van der Waals surface area contributed by atoms with Crippen LogP contribution in [-0.2, 0) is 16.1 Å². The van der Waals surface area contributed by atoms with Crippen LogP contribution in [0.25, 0.3) is 0 Å². The quantitative estimate of drug-likeness (QED) is 0.808. The summed E-state index contributed by atoms with van der Waals surface area (Å²) in [4.78, 5) is 28.4. The molecule has 0 N–H and O–H groups in total. The second kappa shape index (κ2) is 7.79. The molecular formula is C20H21ClN2O3. The Hall–Kier alpha value is -2.53. The van der Waals surface area contributed by atoms with Crippen molar-refractivity contribution in [2.75, 3.05) is 25.6 Å². The molecular weight excluding hydrogens is 352 g/mol. The van der Waals surface area contributed by atoms with Crippen molar-refractivity contribution in [2.45, 2.75) is 13.0 Å². The van der Waals surface area contributed by atoms with Gasteiger partial charge in [-0.3, -0.25) is 9.59 Å². The largest absolute Gasteiger partial charge is 0.497 e. The number of methoxy groups -OCH3 is 1. The summed E-state index contributed by atoms with van der Waals surface area (Å²) in [5.74, 6) is 0.321. The first-order valence-electron chi connectivity index (χ1n) is 8.42. The van der Waals surface area contributed by atoms with Gasteiger partial charge in [-0.2, -0.15) is 0 Å². The van der Waals surface area contributed by atoms with Gasteiger partial charge < -0.3 is 14.5 Å². The average Bonchev–Trinajstić information content (AvgIpc) is 3.03. The third-order valence-corrected chi connectivity index (χ3v) is 4.78. The lowest BCUT2D eigenvalue weighted by Crippen LogP contribution is -2.34. The smallest absolute Gasteiger partial charge is 0.228 e. The molecule has 1 fully saturated rings. The minimum Gasteiger partial charge on any atom is -0.497 e. The van der Waals surface area contributed by atoms with E-state index in [2.05, 4.69) is 0 Å². The van der Waals surface area contributed by atoms with Crippen molar-refractivity contribution in [3.8, 4) is 5.75 Å². The number of carbonyl (C=O) groups is 2. The van der Waals surface area contributed by atoms with Crippen molar-refractivity contribution < 1.29 is 14.3 Å². The van der Waals surface area contributed by atoms with Crippen LogP contribution in [0.5, 0.6) is 5.75 Å². The second-order valence-corrected chi connectivity index (χ2v) is 6.86. The van der Waals surface area contributed by atoms with Gasteiger partial charge in [-0.15, -0.1) is 0 Å². The van der Waals surface area contributed by atoms with Crippen molar-refractivity contribution in [1.82, 2.24) is 4.90 Å². The van der Waals surface area contributed by atoms with Crippen LogP contribution in [0, 0.1) is 5.92 Å². The van der Waals surface area contributed by atoms with Gasteiger partial charge in [0.2, 0.25) is 11.8 Å². The van der Waals surface area contributed by atoms with Gasteiger partial charge in [0, 0.05) is 37.3 Å². The molecule has 2 aromatic carbocycles. The highest BCUT2D eigenvalue weighted by molar-refractivity contribution is 6.30. The molecule has 3 rings (SSSR count). The van der Waals surface area contributed by atoms with Gasteiger partial charge in [0.15, 0.2) is 0 Å². The maximum Gasteiger partial charge on any atom is 0.228 e. The summed E-state index contributed by atoms with van der Waals surface area (Å²) in [7, 11) is 3.35. The number of carbonyl (C=O) groups excluding carboxylic acids is 2. The molecule has 1 saturated heterocycles. The first-order chi connectivity index (χ1) is 12.5. The second-order valence-electron chi connectivity index (χ2n) is 6.43. The number of ether oxygens (including phenoxy) is 1. The molecule has 1 atom stereocenters. The van der Waals surface area contributed by atoms with Gasteiger partial charge >= 0.3 is 0 Å². The van der Waals surface area contributed by atoms with Crippen LogP contribution in [-0.4, -0.2) is 37.4 Å². The SMILES string of the molecule is COc1ccc(N2CC(C(=O)N(C)Cc3cccc(Cl)c3)CC2=O)cc1. The van der Waals surface area contributed by atoms with E-state index >= 15 is 0 Å². The van der Waals surface area contributed by atoms with E-state index in [1.807, 2.05) is 42.5 Å². The summed E-state index contributed by atoms with van der Waals surface area (Å²) < 4.78 is 5.14. The van der Waals surface area contributed by atoms with E-state index in [9.17, 15) is 9.59 Å². The van der Waals surface area contributed by atoms with Crippen LogP contribution in [0.4, 0.5) is 5.69 Å². The number of hydrogen-bond acceptors (Lipinski definition) is 3. The molecule has 0 radical (unpaired) electrons. The van der Waals surface area contributed by atoms with Gasteiger partial charge in [0.25, 0.3) is 0 Å². The molecule has 6 heteroatoms. The molecule has 1 aliphatic heterocycles. The maximum atomic E-state index is 12.8. The Balaban J connectivity index is 1.66. The van der Waals surface area contributed by atoms with Crippen molar-refractivity contribution in [2.24, 2.45) is 5.92 Å². The van der Waals surface area contributed by atoms with E-state index in [4.69, 9.17) is 16.3 Å². The third-order valence-electron chi connectivity index (χ3n) is 4.54. The van der Waals surface area contributed by atoms with Crippen molar-refractivity contribution in [3.63, 3.8) is 0 Å². The fourth-order valence-corrected chi connectivity index (χ4v) is 3.40. The fourth-order valence-electron chi connectivity index (χ4n) is 3.18. The molecule has 0 saturated carbocycles. The molecule has 1 unspecified atom stereocenters. The zero-order valence-corrected chi connectivity index (χ0v) is 15.6. The van der Waals surface area contributed by atoms with E-state index in [1.54, 1.807) is 30.0 Å². The maximum absolute atomic E-state index is 12.8. The highest BCUT2D eigenvalue weighted by Gasteiger charge is 2.36. The lowest BCUT2D eigenvalue weighted by atomic mass is 10.1. The number of nitrogens with zero attached hydrogens (tertiary/aromatic N) is 2. The topological polar surface area (TPSA) is 49.9 Å². The number of anilines is 1. The van der Waals surface area contributed by atoms with Gasteiger partial charge in [-0.1, -0.05) is 23.7 Å². The molecule has 2 aromatic rings. The van der Waals surface area contributed by atoms with Gasteiger partial charge in [0.1, 0.15) is 5.75 Å². The number of amides is 2. The average molecular weight is 373 g/mol. The van der Waals surface area contributed by atoms with Crippen LogP contribution >= 0.6 is 11.6 Å². The zero-order valence-electron chi connectivity index (χ0n) is 14.8. The molecule has 26 heavy (non-hydrogen) atoms. The van der Waals surface area contributed by atoms with Crippen molar-refractivity contribution >= 4 is 29.1 Å². The molecule has 5 nitrogen and oxygen atoms in total. The molecule has 1 heterocycles. The highest BCUT2D eigenvalue weighted by Crippen LogP contribution is 2.28. The summed E-state index contributed by atoms with van der Waals surface area (Å²) in [5, 5.41) is 0.644. The minimum atomic E-state index is -0.339. The molecule has 2 amide bonds. The summed E-state index contributed by atoms with van der Waals surface area (Å²) in [5.41, 5.74) is 1.74. The Morgan fingerprint density at radius 3 is 2.65 bits per heavy atom. The van der Waals surface area contributed by atoms with E-state index in [-0.39, 0.29) is 24.2 Å². The fraction of sp³-hybridized carbons (Fsp3) is 0.300.